The van der Waals surface area contributed by atoms with Crippen molar-refractivity contribution in [2.75, 3.05) is 13.7 Å². The zero-order valence-electron chi connectivity index (χ0n) is 15.8. The van der Waals surface area contributed by atoms with Crippen LogP contribution in [0.5, 0.6) is 5.75 Å². The standard InChI is InChI=1S/C21H24Cl2N2O3/c1-28-19-9-10-24-13-15(19)21(27)18-4-2-3-11-25(18)20(26)8-6-14-5-7-16(22)17(23)12-14/h5,7,9-10,12-13,18,21,27H,2-4,6,8,11H2,1H3/t18-,21?/m1/s1. The number of hydrogen-bond donors (Lipinski definition) is 1. The van der Waals surface area contributed by atoms with Crippen LogP contribution < -0.4 is 4.74 Å². The van der Waals surface area contributed by atoms with Crippen LogP contribution in [0, 0.1) is 0 Å². The normalized spacial score (nSPS) is 18.0. The number of aliphatic hydroxyl groups is 1. The first-order valence-electron chi connectivity index (χ1n) is 9.40. The third kappa shape index (κ3) is 4.77. The highest BCUT2D eigenvalue weighted by atomic mass is 35.5. The zero-order chi connectivity index (χ0) is 20.1. The van der Waals surface area contributed by atoms with Crippen LogP contribution in [-0.2, 0) is 11.2 Å². The molecule has 2 atom stereocenters. The molecule has 1 aliphatic rings. The number of piperidine rings is 1. The Kier molecular flexibility index (Phi) is 7.16. The van der Waals surface area contributed by atoms with Crippen molar-refractivity contribution in [3.8, 4) is 5.75 Å². The molecule has 1 aliphatic heterocycles. The molecule has 1 N–H and O–H groups in total. The van der Waals surface area contributed by atoms with Crippen LogP contribution >= 0.6 is 23.2 Å². The van der Waals surface area contributed by atoms with Gasteiger partial charge in [0.15, 0.2) is 0 Å². The number of likely N-dealkylation sites (tertiary alicyclic amines) is 1. The molecule has 0 bridgehead atoms. The van der Waals surface area contributed by atoms with Crippen molar-refractivity contribution in [3.63, 3.8) is 0 Å². The molecule has 1 aromatic carbocycles. The topological polar surface area (TPSA) is 62.7 Å². The Balaban J connectivity index is 1.71. The molecule has 3 rings (SSSR count). The Morgan fingerprint density at radius 1 is 1.32 bits per heavy atom. The number of aliphatic hydroxyl groups excluding tert-OH is 1. The van der Waals surface area contributed by atoms with Crippen molar-refractivity contribution >= 4 is 29.1 Å². The molecule has 2 aromatic rings. The van der Waals surface area contributed by atoms with Crippen LogP contribution in [0.15, 0.2) is 36.7 Å². The first-order valence-corrected chi connectivity index (χ1v) is 10.2. The molecule has 7 heteroatoms. The number of aryl methyl sites for hydroxylation is 1. The maximum atomic E-state index is 12.9. The molecule has 28 heavy (non-hydrogen) atoms. The van der Waals surface area contributed by atoms with Crippen LogP contribution in [0.3, 0.4) is 0 Å². The van der Waals surface area contributed by atoms with Gasteiger partial charge in [0.05, 0.1) is 23.2 Å². The Morgan fingerprint density at radius 2 is 2.14 bits per heavy atom. The van der Waals surface area contributed by atoms with Gasteiger partial charge < -0.3 is 14.7 Å². The van der Waals surface area contributed by atoms with Gasteiger partial charge in [-0.1, -0.05) is 29.3 Å². The lowest BCUT2D eigenvalue weighted by atomic mass is 9.92. The van der Waals surface area contributed by atoms with Crippen molar-refractivity contribution < 1.29 is 14.6 Å². The highest BCUT2D eigenvalue weighted by molar-refractivity contribution is 6.42. The number of hydrogen-bond acceptors (Lipinski definition) is 4. The number of carbonyl (C=O) groups is 1. The fraction of sp³-hybridized carbons (Fsp3) is 0.429. The molecule has 0 radical (unpaired) electrons. The highest BCUT2D eigenvalue weighted by Crippen LogP contribution is 2.33. The summed E-state index contributed by atoms with van der Waals surface area (Å²) in [5.41, 5.74) is 1.57. The summed E-state index contributed by atoms with van der Waals surface area (Å²) in [5.74, 6) is 0.606. The molecule has 2 heterocycles. The van der Waals surface area contributed by atoms with Gasteiger partial charge in [0.2, 0.25) is 5.91 Å². The maximum Gasteiger partial charge on any atom is 0.223 e. The first-order chi connectivity index (χ1) is 13.5. The highest BCUT2D eigenvalue weighted by Gasteiger charge is 2.34. The van der Waals surface area contributed by atoms with E-state index in [1.165, 1.54) is 0 Å². The van der Waals surface area contributed by atoms with Crippen molar-refractivity contribution in [1.29, 1.82) is 0 Å². The van der Waals surface area contributed by atoms with E-state index in [2.05, 4.69) is 4.98 Å². The molecule has 1 amide bonds. The Morgan fingerprint density at radius 3 is 2.89 bits per heavy atom. The van der Waals surface area contributed by atoms with Gasteiger partial charge in [0.1, 0.15) is 11.9 Å². The number of benzene rings is 1. The van der Waals surface area contributed by atoms with Gasteiger partial charge in [-0.2, -0.15) is 0 Å². The van der Waals surface area contributed by atoms with Crippen molar-refractivity contribution in [3.05, 3.63) is 57.8 Å². The molecular formula is C21H24Cl2N2O3. The monoisotopic (exact) mass is 422 g/mol. The number of aromatic nitrogens is 1. The fourth-order valence-electron chi connectivity index (χ4n) is 3.69. The number of carbonyl (C=O) groups excluding carboxylic acids is 1. The van der Waals surface area contributed by atoms with Crippen LogP contribution in [0.1, 0.15) is 42.9 Å². The zero-order valence-corrected chi connectivity index (χ0v) is 17.3. The summed E-state index contributed by atoms with van der Waals surface area (Å²) < 4.78 is 5.35. The second-order valence-corrected chi connectivity index (χ2v) is 7.78. The third-order valence-corrected chi connectivity index (χ3v) is 5.93. The summed E-state index contributed by atoms with van der Waals surface area (Å²) in [6.45, 7) is 0.643. The number of rotatable bonds is 6. The Labute approximate surface area is 175 Å². The molecule has 1 fully saturated rings. The summed E-state index contributed by atoms with van der Waals surface area (Å²) in [4.78, 5) is 18.8. The maximum absolute atomic E-state index is 12.9. The molecule has 0 aliphatic carbocycles. The Bertz CT molecular complexity index is 831. The van der Waals surface area contributed by atoms with Crippen LogP contribution in [0.25, 0.3) is 0 Å². The van der Waals surface area contributed by atoms with Crippen molar-refractivity contribution in [2.45, 2.75) is 44.2 Å². The van der Waals surface area contributed by atoms with E-state index in [0.717, 1.165) is 24.8 Å². The first kappa shape index (κ1) is 20.9. The van der Waals surface area contributed by atoms with Gasteiger partial charge in [-0.25, -0.2) is 0 Å². The van der Waals surface area contributed by atoms with E-state index in [9.17, 15) is 9.90 Å². The molecule has 1 aromatic heterocycles. The van der Waals surface area contributed by atoms with E-state index in [0.29, 0.717) is 40.7 Å². The minimum atomic E-state index is -0.835. The number of pyridine rings is 1. The Hall–Kier alpha value is -1.82. The summed E-state index contributed by atoms with van der Waals surface area (Å²) in [6, 6.07) is 6.85. The molecule has 1 unspecified atom stereocenters. The minimum Gasteiger partial charge on any atom is -0.496 e. The van der Waals surface area contributed by atoms with E-state index in [4.69, 9.17) is 27.9 Å². The number of methoxy groups -OCH3 is 1. The summed E-state index contributed by atoms with van der Waals surface area (Å²) in [6.07, 6.45) is 5.98. The van der Waals surface area contributed by atoms with Gasteiger partial charge in [-0.15, -0.1) is 0 Å². The molecular weight excluding hydrogens is 399 g/mol. The van der Waals surface area contributed by atoms with Gasteiger partial charge in [0.25, 0.3) is 0 Å². The van der Waals surface area contributed by atoms with Crippen molar-refractivity contribution in [2.24, 2.45) is 0 Å². The second-order valence-electron chi connectivity index (χ2n) is 6.96. The van der Waals surface area contributed by atoms with Crippen LogP contribution in [0.2, 0.25) is 10.0 Å². The molecule has 150 valence electrons. The molecule has 1 saturated heterocycles. The molecule has 0 spiro atoms. The lowest BCUT2D eigenvalue weighted by Crippen LogP contribution is -2.47. The predicted molar refractivity (Wildman–Crippen MR) is 110 cm³/mol. The third-order valence-electron chi connectivity index (χ3n) is 5.19. The fourth-order valence-corrected chi connectivity index (χ4v) is 4.02. The van der Waals surface area contributed by atoms with E-state index < -0.39 is 6.10 Å². The quantitative estimate of drug-likeness (QED) is 0.746. The van der Waals surface area contributed by atoms with E-state index in [1.54, 1.807) is 42.6 Å². The smallest absolute Gasteiger partial charge is 0.223 e. The lowest BCUT2D eigenvalue weighted by molar-refractivity contribution is -0.138. The number of halogens is 2. The van der Waals surface area contributed by atoms with E-state index in [-0.39, 0.29) is 11.9 Å². The largest absolute Gasteiger partial charge is 0.496 e. The molecule has 5 nitrogen and oxygen atoms in total. The van der Waals surface area contributed by atoms with Crippen LogP contribution in [-0.4, -0.2) is 40.6 Å². The summed E-state index contributed by atoms with van der Waals surface area (Å²) >= 11 is 12.0. The lowest BCUT2D eigenvalue weighted by Gasteiger charge is -2.39. The minimum absolute atomic E-state index is 0.0256. The average molecular weight is 423 g/mol. The summed E-state index contributed by atoms with van der Waals surface area (Å²) in [5, 5.41) is 12.0. The summed E-state index contributed by atoms with van der Waals surface area (Å²) in [7, 11) is 1.56. The number of nitrogens with zero attached hydrogens (tertiary/aromatic N) is 2. The second kappa shape index (κ2) is 9.59. The van der Waals surface area contributed by atoms with Crippen molar-refractivity contribution in [1.82, 2.24) is 9.88 Å². The van der Waals surface area contributed by atoms with Gasteiger partial charge >= 0.3 is 0 Å². The van der Waals surface area contributed by atoms with Gasteiger partial charge in [-0.3, -0.25) is 9.78 Å². The van der Waals surface area contributed by atoms with E-state index >= 15 is 0 Å². The number of amides is 1. The number of ether oxygens (including phenoxy) is 1. The van der Waals surface area contributed by atoms with Gasteiger partial charge in [-0.05, 0) is 49.4 Å². The predicted octanol–water partition coefficient (Wildman–Crippen LogP) is 4.44. The SMILES string of the molecule is COc1ccncc1C(O)[C@H]1CCCCN1C(=O)CCc1ccc(Cl)c(Cl)c1. The molecule has 0 saturated carbocycles. The van der Waals surface area contributed by atoms with E-state index in [1.807, 2.05) is 6.07 Å². The van der Waals surface area contributed by atoms with Gasteiger partial charge in [0, 0.05) is 30.9 Å². The van der Waals surface area contributed by atoms with Crippen LogP contribution in [0.4, 0.5) is 0 Å². The average Bonchev–Trinajstić information content (AvgIpc) is 2.73.